The van der Waals surface area contributed by atoms with E-state index in [9.17, 15) is 4.79 Å². The molecule has 20 heavy (non-hydrogen) atoms. The Balaban J connectivity index is 2.04. The zero-order chi connectivity index (χ0) is 14.4. The summed E-state index contributed by atoms with van der Waals surface area (Å²) in [5, 5.41) is 5.92. The van der Waals surface area contributed by atoms with Crippen molar-refractivity contribution < 1.29 is 9.53 Å². The largest absolute Gasteiger partial charge is 0.497 e. The van der Waals surface area contributed by atoms with E-state index in [1.54, 1.807) is 13.3 Å². The fourth-order valence-electron chi connectivity index (χ4n) is 1.64. The van der Waals surface area contributed by atoms with Gasteiger partial charge < -0.3 is 15.4 Å². The van der Waals surface area contributed by atoms with Crippen molar-refractivity contribution in [3.05, 3.63) is 42.6 Å². The minimum absolute atomic E-state index is 0.0275. The highest BCUT2D eigenvalue weighted by Crippen LogP contribution is 2.20. The molecule has 0 aliphatic rings. The number of hydrogen-bond donors (Lipinski definition) is 2. The van der Waals surface area contributed by atoms with Crippen LogP contribution in [0.15, 0.2) is 42.6 Å². The molecule has 0 unspecified atom stereocenters. The standard InChI is InChI=1S/C15H17N3O2/c1-3-15(19)18-12-7-8-14(16-10-12)17-11-5-4-6-13(9-11)20-2/h4-10H,3H2,1-2H3,(H,16,17)(H,18,19). The average molecular weight is 271 g/mol. The molecule has 0 radical (unpaired) electrons. The number of anilines is 3. The number of amides is 1. The first-order chi connectivity index (χ1) is 9.71. The third-order valence-electron chi connectivity index (χ3n) is 2.71. The molecule has 1 aromatic carbocycles. The minimum Gasteiger partial charge on any atom is -0.497 e. The van der Waals surface area contributed by atoms with Gasteiger partial charge in [0.2, 0.25) is 5.91 Å². The molecule has 2 rings (SSSR count). The van der Waals surface area contributed by atoms with E-state index in [1.807, 2.05) is 43.3 Å². The lowest BCUT2D eigenvalue weighted by atomic mass is 10.3. The second kappa shape index (κ2) is 6.56. The Kier molecular flexibility index (Phi) is 4.55. The normalized spacial score (nSPS) is 9.90. The van der Waals surface area contributed by atoms with Crippen molar-refractivity contribution in [3.63, 3.8) is 0 Å². The lowest BCUT2D eigenvalue weighted by molar-refractivity contribution is -0.115. The van der Waals surface area contributed by atoms with Crippen LogP contribution in [0.5, 0.6) is 5.75 Å². The Bertz CT molecular complexity index is 582. The zero-order valence-corrected chi connectivity index (χ0v) is 11.5. The molecule has 0 aliphatic carbocycles. The predicted molar refractivity (Wildman–Crippen MR) is 79.4 cm³/mol. The molecule has 0 bridgehead atoms. The van der Waals surface area contributed by atoms with E-state index >= 15 is 0 Å². The topological polar surface area (TPSA) is 63.2 Å². The summed E-state index contributed by atoms with van der Waals surface area (Å²) in [7, 11) is 1.63. The Morgan fingerprint density at radius 3 is 2.75 bits per heavy atom. The monoisotopic (exact) mass is 271 g/mol. The molecule has 1 amide bonds. The number of carbonyl (C=O) groups is 1. The van der Waals surface area contributed by atoms with E-state index in [2.05, 4.69) is 15.6 Å². The van der Waals surface area contributed by atoms with Crippen LogP contribution in [0.25, 0.3) is 0 Å². The van der Waals surface area contributed by atoms with Gasteiger partial charge in [0.05, 0.1) is 19.0 Å². The maximum absolute atomic E-state index is 11.3. The molecule has 1 aromatic heterocycles. The van der Waals surface area contributed by atoms with Crippen LogP contribution < -0.4 is 15.4 Å². The molecule has 5 heteroatoms. The minimum atomic E-state index is -0.0275. The number of aromatic nitrogens is 1. The first-order valence-electron chi connectivity index (χ1n) is 6.38. The third kappa shape index (κ3) is 3.71. The second-order valence-corrected chi connectivity index (χ2v) is 4.19. The zero-order valence-electron chi connectivity index (χ0n) is 11.5. The van der Waals surface area contributed by atoms with Crippen molar-refractivity contribution >= 4 is 23.1 Å². The number of methoxy groups -OCH3 is 1. The van der Waals surface area contributed by atoms with Gasteiger partial charge in [0.15, 0.2) is 0 Å². The van der Waals surface area contributed by atoms with Crippen molar-refractivity contribution in [2.24, 2.45) is 0 Å². The molecular formula is C15H17N3O2. The van der Waals surface area contributed by atoms with Gasteiger partial charge in [-0.05, 0) is 24.3 Å². The lowest BCUT2D eigenvalue weighted by Crippen LogP contribution is -2.09. The molecule has 104 valence electrons. The highest BCUT2D eigenvalue weighted by molar-refractivity contribution is 5.90. The SMILES string of the molecule is CCC(=O)Nc1ccc(Nc2cccc(OC)c2)nc1. The molecule has 0 atom stereocenters. The number of benzene rings is 1. The molecule has 0 aliphatic heterocycles. The number of rotatable bonds is 5. The number of nitrogens with one attached hydrogen (secondary N) is 2. The highest BCUT2D eigenvalue weighted by atomic mass is 16.5. The summed E-state index contributed by atoms with van der Waals surface area (Å²) in [6.07, 6.45) is 2.07. The summed E-state index contributed by atoms with van der Waals surface area (Å²) in [5.41, 5.74) is 1.58. The van der Waals surface area contributed by atoms with E-state index < -0.39 is 0 Å². The van der Waals surface area contributed by atoms with E-state index in [0.29, 0.717) is 17.9 Å². The van der Waals surface area contributed by atoms with Crippen LogP contribution in [-0.4, -0.2) is 18.0 Å². The summed E-state index contributed by atoms with van der Waals surface area (Å²) in [4.78, 5) is 15.5. The number of ether oxygens (including phenoxy) is 1. The first kappa shape index (κ1) is 13.9. The van der Waals surface area contributed by atoms with Gasteiger partial charge in [0.25, 0.3) is 0 Å². The summed E-state index contributed by atoms with van der Waals surface area (Å²) in [6.45, 7) is 1.81. The van der Waals surface area contributed by atoms with Gasteiger partial charge in [0, 0.05) is 18.2 Å². The molecule has 2 aromatic rings. The van der Waals surface area contributed by atoms with Crippen LogP contribution in [0.4, 0.5) is 17.2 Å². The van der Waals surface area contributed by atoms with Crippen LogP contribution in [0.1, 0.15) is 13.3 Å². The maximum atomic E-state index is 11.3. The van der Waals surface area contributed by atoms with Gasteiger partial charge in [-0.1, -0.05) is 13.0 Å². The van der Waals surface area contributed by atoms with E-state index in [0.717, 1.165) is 11.4 Å². The first-order valence-corrected chi connectivity index (χ1v) is 6.38. The quantitative estimate of drug-likeness (QED) is 0.876. The van der Waals surface area contributed by atoms with Crippen molar-refractivity contribution in [1.82, 2.24) is 4.98 Å². The Hall–Kier alpha value is -2.56. The number of pyridine rings is 1. The summed E-state index contributed by atoms with van der Waals surface area (Å²) in [6, 6.07) is 11.2. The molecule has 5 nitrogen and oxygen atoms in total. The number of hydrogen-bond acceptors (Lipinski definition) is 4. The third-order valence-corrected chi connectivity index (χ3v) is 2.71. The van der Waals surface area contributed by atoms with Gasteiger partial charge in [0.1, 0.15) is 11.6 Å². The van der Waals surface area contributed by atoms with Gasteiger partial charge in [-0.3, -0.25) is 4.79 Å². The molecule has 0 spiro atoms. The number of carbonyl (C=O) groups excluding carboxylic acids is 1. The smallest absolute Gasteiger partial charge is 0.224 e. The summed E-state index contributed by atoms with van der Waals surface area (Å²) in [5.74, 6) is 1.45. The fraction of sp³-hybridized carbons (Fsp3) is 0.200. The van der Waals surface area contributed by atoms with Gasteiger partial charge in [-0.2, -0.15) is 0 Å². The second-order valence-electron chi connectivity index (χ2n) is 4.19. The molecule has 0 fully saturated rings. The predicted octanol–water partition coefficient (Wildman–Crippen LogP) is 3.18. The van der Waals surface area contributed by atoms with Crippen LogP contribution in [0.3, 0.4) is 0 Å². The Labute approximate surface area is 118 Å². The maximum Gasteiger partial charge on any atom is 0.224 e. The van der Waals surface area contributed by atoms with E-state index in [4.69, 9.17) is 4.74 Å². The molecular weight excluding hydrogens is 254 g/mol. The van der Waals surface area contributed by atoms with E-state index in [-0.39, 0.29) is 5.91 Å². The molecule has 1 heterocycles. The van der Waals surface area contributed by atoms with Crippen LogP contribution in [-0.2, 0) is 4.79 Å². The molecule has 2 N–H and O–H groups in total. The van der Waals surface area contributed by atoms with E-state index in [1.165, 1.54) is 0 Å². The Morgan fingerprint density at radius 2 is 2.10 bits per heavy atom. The Morgan fingerprint density at radius 1 is 1.25 bits per heavy atom. The highest BCUT2D eigenvalue weighted by Gasteiger charge is 2.01. The van der Waals surface area contributed by atoms with Gasteiger partial charge in [-0.25, -0.2) is 4.98 Å². The number of nitrogens with zero attached hydrogens (tertiary/aromatic N) is 1. The van der Waals surface area contributed by atoms with Gasteiger partial charge >= 0.3 is 0 Å². The van der Waals surface area contributed by atoms with Crippen LogP contribution in [0, 0.1) is 0 Å². The fourth-order valence-corrected chi connectivity index (χ4v) is 1.64. The van der Waals surface area contributed by atoms with Crippen LogP contribution >= 0.6 is 0 Å². The lowest BCUT2D eigenvalue weighted by Gasteiger charge is -2.08. The van der Waals surface area contributed by atoms with Crippen molar-refractivity contribution in [3.8, 4) is 5.75 Å². The van der Waals surface area contributed by atoms with Crippen molar-refractivity contribution in [2.45, 2.75) is 13.3 Å². The average Bonchev–Trinajstić information content (AvgIpc) is 2.49. The van der Waals surface area contributed by atoms with Crippen LogP contribution in [0.2, 0.25) is 0 Å². The molecule has 0 saturated heterocycles. The van der Waals surface area contributed by atoms with Gasteiger partial charge in [-0.15, -0.1) is 0 Å². The summed E-state index contributed by atoms with van der Waals surface area (Å²) >= 11 is 0. The van der Waals surface area contributed by atoms with Crippen molar-refractivity contribution in [1.29, 1.82) is 0 Å². The van der Waals surface area contributed by atoms with Crippen molar-refractivity contribution in [2.75, 3.05) is 17.7 Å². The molecule has 0 saturated carbocycles. The summed E-state index contributed by atoms with van der Waals surface area (Å²) < 4.78 is 5.16.